The molecule has 21 heavy (non-hydrogen) atoms. The zero-order valence-corrected chi connectivity index (χ0v) is 13.1. The van der Waals surface area contributed by atoms with Gasteiger partial charge in [0, 0.05) is 4.47 Å². The summed E-state index contributed by atoms with van der Waals surface area (Å²) in [4.78, 5) is 0.0305. The number of benzene rings is 2. The molecule has 0 amide bonds. The van der Waals surface area contributed by atoms with Crippen LogP contribution in [0.4, 0.5) is 5.69 Å². The highest BCUT2D eigenvalue weighted by Crippen LogP contribution is 2.15. The van der Waals surface area contributed by atoms with Crippen LogP contribution in [0, 0.1) is 11.3 Å². The molecular formula is C14H10BrN3O2S. The van der Waals surface area contributed by atoms with Gasteiger partial charge in [-0.1, -0.05) is 34.1 Å². The molecule has 5 nitrogen and oxygen atoms in total. The second-order valence-corrected chi connectivity index (χ2v) is 6.74. The molecule has 1 N–H and O–H groups in total. The van der Waals surface area contributed by atoms with Crippen molar-refractivity contribution in [3.8, 4) is 6.07 Å². The second kappa shape index (κ2) is 6.52. The van der Waals surface area contributed by atoms with E-state index in [1.807, 2.05) is 0 Å². The lowest BCUT2D eigenvalue weighted by Gasteiger charge is -2.03. The van der Waals surface area contributed by atoms with E-state index in [9.17, 15) is 8.42 Å². The van der Waals surface area contributed by atoms with Crippen LogP contribution in [-0.4, -0.2) is 13.5 Å². The highest BCUT2D eigenvalue weighted by Gasteiger charge is 2.22. The van der Waals surface area contributed by atoms with E-state index in [0.717, 1.165) is 4.47 Å². The molecule has 0 fully saturated rings. The first-order valence-electron chi connectivity index (χ1n) is 5.83. The maximum Gasteiger partial charge on any atom is 0.256 e. The zero-order valence-electron chi connectivity index (χ0n) is 10.7. The van der Waals surface area contributed by atoms with Gasteiger partial charge in [0.15, 0.2) is 0 Å². The average molecular weight is 364 g/mol. The number of hydrazone groups is 1. The van der Waals surface area contributed by atoms with E-state index in [0.29, 0.717) is 5.69 Å². The lowest BCUT2D eigenvalue weighted by molar-refractivity contribution is 0.607. The molecule has 0 saturated heterocycles. The summed E-state index contributed by atoms with van der Waals surface area (Å²) >= 11 is 3.29. The van der Waals surface area contributed by atoms with Crippen molar-refractivity contribution in [1.82, 2.24) is 0 Å². The molecule has 106 valence electrons. The monoisotopic (exact) mass is 363 g/mol. The number of sulfone groups is 1. The van der Waals surface area contributed by atoms with Gasteiger partial charge in [-0.2, -0.15) is 10.4 Å². The number of rotatable bonds is 3. The number of hydrogen-bond acceptors (Lipinski definition) is 5. The molecule has 0 atom stereocenters. The van der Waals surface area contributed by atoms with E-state index in [4.69, 9.17) is 5.26 Å². The molecule has 0 radical (unpaired) electrons. The van der Waals surface area contributed by atoms with Crippen molar-refractivity contribution in [2.45, 2.75) is 4.90 Å². The Bertz CT molecular complexity index is 794. The lowest BCUT2D eigenvalue weighted by atomic mass is 10.3. The minimum atomic E-state index is -3.91. The Morgan fingerprint density at radius 1 is 1.10 bits per heavy atom. The van der Waals surface area contributed by atoms with Crippen LogP contribution in [0.2, 0.25) is 0 Å². The van der Waals surface area contributed by atoms with Crippen molar-refractivity contribution in [2.24, 2.45) is 5.10 Å². The third-order valence-electron chi connectivity index (χ3n) is 2.53. The van der Waals surface area contributed by atoms with Gasteiger partial charge in [-0.3, -0.25) is 5.43 Å². The number of halogens is 1. The van der Waals surface area contributed by atoms with Gasteiger partial charge >= 0.3 is 0 Å². The summed E-state index contributed by atoms with van der Waals surface area (Å²) in [5, 5.41) is 12.1. The maximum atomic E-state index is 12.2. The van der Waals surface area contributed by atoms with Gasteiger partial charge in [-0.15, -0.1) is 0 Å². The minimum Gasteiger partial charge on any atom is -0.277 e. The molecule has 0 bridgehead atoms. The maximum absolute atomic E-state index is 12.2. The fourth-order valence-electron chi connectivity index (χ4n) is 1.50. The highest BCUT2D eigenvalue weighted by molar-refractivity contribution is 9.10. The van der Waals surface area contributed by atoms with Gasteiger partial charge in [0.05, 0.1) is 10.6 Å². The number of hydrogen-bond donors (Lipinski definition) is 1. The molecule has 0 spiro atoms. The van der Waals surface area contributed by atoms with E-state index >= 15 is 0 Å². The molecule has 0 heterocycles. The molecule has 2 rings (SSSR count). The van der Waals surface area contributed by atoms with E-state index in [-0.39, 0.29) is 4.90 Å². The van der Waals surface area contributed by atoms with Gasteiger partial charge in [0.2, 0.25) is 9.84 Å². The molecule has 2 aromatic rings. The minimum absolute atomic E-state index is 0.0305. The van der Waals surface area contributed by atoms with Crippen LogP contribution in [-0.2, 0) is 9.84 Å². The predicted molar refractivity (Wildman–Crippen MR) is 84.4 cm³/mol. The number of nitrogens with zero attached hydrogens (tertiary/aromatic N) is 2. The summed E-state index contributed by atoms with van der Waals surface area (Å²) in [6, 6.07) is 16.3. The van der Waals surface area contributed by atoms with Crippen molar-refractivity contribution >= 4 is 36.5 Å². The summed E-state index contributed by atoms with van der Waals surface area (Å²) < 4.78 is 25.4. The van der Waals surface area contributed by atoms with Crippen LogP contribution in [0.25, 0.3) is 0 Å². The number of anilines is 1. The summed E-state index contributed by atoms with van der Waals surface area (Å²) in [7, 11) is -3.91. The van der Waals surface area contributed by atoms with Crippen LogP contribution < -0.4 is 5.43 Å². The normalized spacial score (nSPS) is 11.7. The Hall–Kier alpha value is -2.17. The summed E-state index contributed by atoms with van der Waals surface area (Å²) in [6.07, 6.45) is 0. The standard InChI is InChI=1S/C14H10BrN3O2S/c15-11-6-8-12(9-7-11)17-18-14(10-16)21(19,20)13-4-2-1-3-5-13/h1-9,17H/b18-14+. The topological polar surface area (TPSA) is 82.3 Å². The van der Waals surface area contributed by atoms with Gasteiger partial charge in [-0.05, 0) is 36.4 Å². The van der Waals surface area contributed by atoms with E-state index in [2.05, 4.69) is 26.5 Å². The predicted octanol–water partition coefficient (Wildman–Crippen LogP) is 3.17. The molecule has 2 aromatic carbocycles. The van der Waals surface area contributed by atoms with Crippen molar-refractivity contribution in [3.05, 3.63) is 59.1 Å². The number of nitriles is 1. The van der Waals surface area contributed by atoms with Gasteiger partial charge < -0.3 is 0 Å². The summed E-state index contributed by atoms with van der Waals surface area (Å²) in [5.41, 5.74) is 3.14. The van der Waals surface area contributed by atoms with Crippen LogP contribution in [0.3, 0.4) is 0 Å². The Morgan fingerprint density at radius 2 is 1.71 bits per heavy atom. The van der Waals surface area contributed by atoms with E-state index in [1.165, 1.54) is 12.1 Å². The highest BCUT2D eigenvalue weighted by atomic mass is 79.9. The smallest absolute Gasteiger partial charge is 0.256 e. The largest absolute Gasteiger partial charge is 0.277 e. The summed E-state index contributed by atoms with van der Waals surface area (Å²) in [6.45, 7) is 0. The quantitative estimate of drug-likeness (QED) is 0.515. The van der Waals surface area contributed by atoms with Crippen LogP contribution in [0.5, 0.6) is 0 Å². The van der Waals surface area contributed by atoms with Gasteiger partial charge in [0.25, 0.3) is 5.04 Å². The van der Waals surface area contributed by atoms with Crippen LogP contribution >= 0.6 is 15.9 Å². The lowest BCUT2D eigenvalue weighted by Crippen LogP contribution is -2.15. The fraction of sp³-hybridized carbons (Fsp3) is 0. The van der Waals surface area contributed by atoms with E-state index in [1.54, 1.807) is 48.5 Å². The van der Waals surface area contributed by atoms with Crippen LogP contribution in [0.1, 0.15) is 0 Å². The number of nitrogens with one attached hydrogen (secondary N) is 1. The third-order valence-corrected chi connectivity index (χ3v) is 4.65. The van der Waals surface area contributed by atoms with Crippen LogP contribution in [0.15, 0.2) is 69.1 Å². The van der Waals surface area contributed by atoms with Gasteiger partial charge in [0.1, 0.15) is 6.07 Å². The van der Waals surface area contributed by atoms with E-state index < -0.39 is 14.9 Å². The summed E-state index contributed by atoms with van der Waals surface area (Å²) in [5.74, 6) is 0. The third kappa shape index (κ3) is 3.68. The van der Waals surface area contributed by atoms with Crippen molar-refractivity contribution in [2.75, 3.05) is 5.43 Å². The molecular weight excluding hydrogens is 354 g/mol. The van der Waals surface area contributed by atoms with Crippen molar-refractivity contribution < 1.29 is 8.42 Å². The average Bonchev–Trinajstić information content (AvgIpc) is 2.50. The fourth-order valence-corrected chi connectivity index (χ4v) is 2.79. The Morgan fingerprint density at radius 3 is 2.29 bits per heavy atom. The van der Waals surface area contributed by atoms with Crippen molar-refractivity contribution in [1.29, 1.82) is 5.26 Å². The first kappa shape index (κ1) is 15.2. The zero-order chi connectivity index (χ0) is 15.3. The van der Waals surface area contributed by atoms with Gasteiger partial charge in [-0.25, -0.2) is 8.42 Å². The molecule has 0 unspecified atom stereocenters. The molecule has 0 aliphatic carbocycles. The Balaban J connectivity index is 2.29. The SMILES string of the molecule is N#C/C(=N\Nc1ccc(Br)cc1)S(=O)(=O)c1ccccc1. The first-order valence-corrected chi connectivity index (χ1v) is 8.11. The molecule has 0 aliphatic heterocycles. The Kier molecular flexibility index (Phi) is 4.73. The molecule has 0 aromatic heterocycles. The second-order valence-electron chi connectivity index (χ2n) is 3.96. The first-order chi connectivity index (χ1) is 10.0. The van der Waals surface area contributed by atoms with Crippen molar-refractivity contribution in [3.63, 3.8) is 0 Å². The Labute approximate surface area is 131 Å². The molecule has 0 aliphatic rings. The molecule has 0 saturated carbocycles. The molecule has 7 heteroatoms.